The van der Waals surface area contributed by atoms with Gasteiger partial charge >= 0.3 is 6.61 Å². The Bertz CT molecular complexity index is 548. The van der Waals surface area contributed by atoms with Crippen molar-refractivity contribution in [2.45, 2.75) is 26.1 Å². The SMILES string of the molecule is COc1ccc(C(=O)N2CCOC(C)(C)C2)cc1OC(F)F. The number of morpholine rings is 1. The Balaban J connectivity index is 2.22. The van der Waals surface area contributed by atoms with Gasteiger partial charge in [0.25, 0.3) is 5.91 Å². The van der Waals surface area contributed by atoms with Crippen molar-refractivity contribution in [1.29, 1.82) is 0 Å². The summed E-state index contributed by atoms with van der Waals surface area (Å²) in [6.07, 6.45) is 0. The van der Waals surface area contributed by atoms with Crippen molar-refractivity contribution in [3.05, 3.63) is 23.8 Å². The number of amides is 1. The van der Waals surface area contributed by atoms with Crippen LogP contribution in [0.2, 0.25) is 0 Å². The van der Waals surface area contributed by atoms with Gasteiger partial charge in [-0.2, -0.15) is 8.78 Å². The van der Waals surface area contributed by atoms with Crippen LogP contribution in [0.15, 0.2) is 18.2 Å². The maximum atomic E-state index is 12.5. The number of hydrogen-bond acceptors (Lipinski definition) is 4. The summed E-state index contributed by atoms with van der Waals surface area (Å²) in [4.78, 5) is 14.1. The molecule has 0 bridgehead atoms. The largest absolute Gasteiger partial charge is 0.493 e. The van der Waals surface area contributed by atoms with E-state index in [1.54, 1.807) is 4.90 Å². The Kier molecular flexibility index (Phi) is 4.85. The number of nitrogens with zero attached hydrogens (tertiary/aromatic N) is 1. The molecule has 0 atom stereocenters. The highest BCUT2D eigenvalue weighted by Crippen LogP contribution is 2.30. The molecular formula is C15H19F2NO4. The lowest BCUT2D eigenvalue weighted by Crippen LogP contribution is -2.50. The Morgan fingerprint density at radius 1 is 1.36 bits per heavy atom. The topological polar surface area (TPSA) is 48.0 Å². The van der Waals surface area contributed by atoms with Crippen LogP contribution in [0.1, 0.15) is 24.2 Å². The van der Waals surface area contributed by atoms with E-state index in [9.17, 15) is 13.6 Å². The Morgan fingerprint density at radius 2 is 2.09 bits per heavy atom. The second kappa shape index (κ2) is 6.48. The average Bonchev–Trinajstić information content (AvgIpc) is 2.44. The van der Waals surface area contributed by atoms with Crippen LogP contribution in [-0.4, -0.2) is 49.8 Å². The summed E-state index contributed by atoms with van der Waals surface area (Å²) < 4.78 is 39.8. The van der Waals surface area contributed by atoms with Gasteiger partial charge in [0.1, 0.15) is 0 Å². The van der Waals surface area contributed by atoms with E-state index in [0.717, 1.165) is 0 Å². The third-order valence-corrected chi connectivity index (χ3v) is 3.34. The number of ether oxygens (including phenoxy) is 3. The number of halogens is 2. The number of methoxy groups -OCH3 is 1. The van der Waals surface area contributed by atoms with E-state index in [1.807, 2.05) is 13.8 Å². The molecule has 0 aromatic heterocycles. The highest BCUT2D eigenvalue weighted by Gasteiger charge is 2.30. The summed E-state index contributed by atoms with van der Waals surface area (Å²) in [5.74, 6) is -0.256. The van der Waals surface area contributed by atoms with Crippen LogP contribution in [0.4, 0.5) is 8.78 Å². The lowest BCUT2D eigenvalue weighted by atomic mass is 10.1. The average molecular weight is 315 g/mol. The van der Waals surface area contributed by atoms with E-state index in [2.05, 4.69) is 4.74 Å². The smallest absolute Gasteiger partial charge is 0.387 e. The first-order valence-electron chi connectivity index (χ1n) is 6.88. The van der Waals surface area contributed by atoms with Gasteiger partial charge in [-0.15, -0.1) is 0 Å². The molecular weight excluding hydrogens is 296 g/mol. The summed E-state index contributed by atoms with van der Waals surface area (Å²) in [5, 5.41) is 0. The number of carbonyl (C=O) groups is 1. The van der Waals surface area contributed by atoms with Crippen molar-refractivity contribution in [1.82, 2.24) is 4.90 Å². The van der Waals surface area contributed by atoms with Gasteiger partial charge < -0.3 is 19.1 Å². The van der Waals surface area contributed by atoms with E-state index < -0.39 is 12.2 Å². The molecule has 1 aliphatic rings. The van der Waals surface area contributed by atoms with E-state index >= 15 is 0 Å². The molecule has 2 rings (SSSR count). The van der Waals surface area contributed by atoms with Crippen LogP contribution in [0.25, 0.3) is 0 Å². The van der Waals surface area contributed by atoms with Gasteiger partial charge in [0.15, 0.2) is 11.5 Å². The fourth-order valence-corrected chi connectivity index (χ4v) is 2.37. The quantitative estimate of drug-likeness (QED) is 0.857. The minimum atomic E-state index is -2.98. The van der Waals surface area contributed by atoms with Gasteiger partial charge in [0, 0.05) is 18.7 Å². The first-order chi connectivity index (χ1) is 10.3. The summed E-state index contributed by atoms with van der Waals surface area (Å²) in [5.41, 5.74) is -0.156. The Labute approximate surface area is 127 Å². The van der Waals surface area contributed by atoms with Crippen LogP contribution in [0.5, 0.6) is 11.5 Å². The minimum absolute atomic E-state index is 0.152. The van der Waals surface area contributed by atoms with Gasteiger partial charge in [0.05, 0.1) is 19.3 Å². The molecule has 1 saturated heterocycles. The molecule has 7 heteroatoms. The second-order valence-corrected chi connectivity index (χ2v) is 5.58. The molecule has 0 spiro atoms. The van der Waals surface area contributed by atoms with Crippen LogP contribution in [0.3, 0.4) is 0 Å². The molecule has 22 heavy (non-hydrogen) atoms. The van der Waals surface area contributed by atoms with E-state index in [-0.39, 0.29) is 23.0 Å². The van der Waals surface area contributed by atoms with Crippen molar-refractivity contribution < 1.29 is 27.8 Å². The van der Waals surface area contributed by atoms with E-state index in [4.69, 9.17) is 9.47 Å². The lowest BCUT2D eigenvalue weighted by molar-refractivity contribution is -0.0764. The van der Waals surface area contributed by atoms with Crippen LogP contribution in [0, 0.1) is 0 Å². The molecule has 0 radical (unpaired) electrons. The van der Waals surface area contributed by atoms with E-state index in [0.29, 0.717) is 19.7 Å². The molecule has 1 aromatic carbocycles. The van der Waals surface area contributed by atoms with Gasteiger partial charge in [-0.05, 0) is 32.0 Å². The number of alkyl halides is 2. The second-order valence-electron chi connectivity index (χ2n) is 5.58. The molecule has 0 saturated carbocycles. The molecule has 5 nitrogen and oxygen atoms in total. The molecule has 0 aliphatic carbocycles. The fourth-order valence-electron chi connectivity index (χ4n) is 2.37. The standard InChI is InChI=1S/C15H19F2NO4/c1-15(2)9-18(6-7-21-15)13(19)10-4-5-11(20-3)12(8-10)22-14(16)17/h4-5,8,14H,6-7,9H2,1-3H3. The number of carbonyl (C=O) groups excluding carboxylic acids is 1. The summed E-state index contributed by atoms with van der Waals surface area (Å²) in [6, 6.07) is 4.24. The van der Waals surface area contributed by atoms with Crippen molar-refractivity contribution >= 4 is 5.91 Å². The summed E-state index contributed by atoms with van der Waals surface area (Å²) in [6.45, 7) is 2.14. The summed E-state index contributed by atoms with van der Waals surface area (Å²) in [7, 11) is 1.35. The number of rotatable bonds is 4. The highest BCUT2D eigenvalue weighted by molar-refractivity contribution is 5.95. The maximum absolute atomic E-state index is 12.5. The van der Waals surface area contributed by atoms with Crippen molar-refractivity contribution in [2.75, 3.05) is 26.8 Å². The lowest BCUT2D eigenvalue weighted by Gasteiger charge is -2.38. The third-order valence-electron chi connectivity index (χ3n) is 3.34. The van der Waals surface area contributed by atoms with Crippen molar-refractivity contribution in [3.8, 4) is 11.5 Å². The highest BCUT2D eigenvalue weighted by atomic mass is 19.3. The van der Waals surface area contributed by atoms with Crippen molar-refractivity contribution in [2.24, 2.45) is 0 Å². The molecule has 0 unspecified atom stereocenters. The zero-order valence-corrected chi connectivity index (χ0v) is 12.8. The molecule has 1 fully saturated rings. The predicted molar refractivity (Wildman–Crippen MR) is 75.6 cm³/mol. The van der Waals surface area contributed by atoms with Gasteiger partial charge in [-0.3, -0.25) is 4.79 Å². The molecule has 1 aromatic rings. The van der Waals surface area contributed by atoms with Crippen molar-refractivity contribution in [3.63, 3.8) is 0 Å². The van der Waals surface area contributed by atoms with Crippen LogP contribution in [-0.2, 0) is 4.74 Å². The molecule has 1 heterocycles. The van der Waals surface area contributed by atoms with Gasteiger partial charge in [0.2, 0.25) is 0 Å². The number of hydrogen-bond donors (Lipinski definition) is 0. The number of benzene rings is 1. The first kappa shape index (κ1) is 16.5. The predicted octanol–water partition coefficient (Wildman–Crippen LogP) is 2.55. The Morgan fingerprint density at radius 3 is 2.68 bits per heavy atom. The minimum Gasteiger partial charge on any atom is -0.493 e. The molecule has 0 N–H and O–H groups in total. The maximum Gasteiger partial charge on any atom is 0.387 e. The zero-order valence-electron chi connectivity index (χ0n) is 12.8. The fraction of sp³-hybridized carbons (Fsp3) is 0.533. The first-order valence-corrected chi connectivity index (χ1v) is 6.88. The third kappa shape index (κ3) is 3.85. The monoisotopic (exact) mass is 315 g/mol. The van der Waals surface area contributed by atoms with Crippen LogP contribution < -0.4 is 9.47 Å². The van der Waals surface area contributed by atoms with Crippen LogP contribution >= 0.6 is 0 Å². The summed E-state index contributed by atoms with van der Waals surface area (Å²) >= 11 is 0. The normalized spacial score (nSPS) is 17.5. The molecule has 1 amide bonds. The molecule has 122 valence electrons. The zero-order chi connectivity index (χ0) is 16.3. The van der Waals surface area contributed by atoms with E-state index in [1.165, 1.54) is 25.3 Å². The Hall–Kier alpha value is -1.89. The van der Waals surface area contributed by atoms with Gasteiger partial charge in [-0.25, -0.2) is 0 Å². The van der Waals surface area contributed by atoms with Gasteiger partial charge in [-0.1, -0.05) is 0 Å². The molecule has 1 aliphatic heterocycles.